The molecular formula is C21H26BrNO2. The number of carbonyl (C=O) groups is 1. The Morgan fingerprint density at radius 1 is 1.08 bits per heavy atom. The first-order valence-corrected chi connectivity index (χ1v) is 9.61. The zero-order valence-electron chi connectivity index (χ0n) is 15.2. The number of hydrogen-bond donors (Lipinski definition) is 1. The van der Waals surface area contributed by atoms with Crippen LogP contribution in [0.1, 0.15) is 54.1 Å². The third-order valence-electron chi connectivity index (χ3n) is 4.07. The number of unbranched alkanes of at least 4 members (excludes halogenated alkanes) is 3. The molecule has 0 aliphatic rings. The minimum absolute atomic E-state index is 0.156. The Labute approximate surface area is 158 Å². The van der Waals surface area contributed by atoms with Crippen molar-refractivity contribution in [3.63, 3.8) is 0 Å². The Kier molecular flexibility index (Phi) is 7.51. The number of ether oxygens (including phenoxy) is 1. The normalized spacial score (nSPS) is 10.6. The molecule has 0 aliphatic carbocycles. The molecular weight excluding hydrogens is 378 g/mol. The lowest BCUT2D eigenvalue weighted by Crippen LogP contribution is -2.15. The molecule has 0 aliphatic heterocycles. The second kappa shape index (κ2) is 9.62. The van der Waals surface area contributed by atoms with Crippen molar-refractivity contribution in [2.45, 2.75) is 46.5 Å². The van der Waals surface area contributed by atoms with Gasteiger partial charge in [-0.05, 0) is 50.1 Å². The van der Waals surface area contributed by atoms with Crippen LogP contribution in [0.2, 0.25) is 0 Å². The van der Waals surface area contributed by atoms with Crippen molar-refractivity contribution in [2.24, 2.45) is 0 Å². The fourth-order valence-electron chi connectivity index (χ4n) is 2.66. The van der Waals surface area contributed by atoms with E-state index >= 15 is 0 Å². The summed E-state index contributed by atoms with van der Waals surface area (Å²) in [6, 6.07) is 11.5. The van der Waals surface area contributed by atoms with Gasteiger partial charge < -0.3 is 10.1 Å². The van der Waals surface area contributed by atoms with Crippen LogP contribution >= 0.6 is 15.9 Å². The molecule has 2 aromatic carbocycles. The molecule has 0 saturated carbocycles. The van der Waals surface area contributed by atoms with Crippen LogP contribution < -0.4 is 10.1 Å². The van der Waals surface area contributed by atoms with Crippen molar-refractivity contribution < 1.29 is 9.53 Å². The molecule has 3 nitrogen and oxygen atoms in total. The van der Waals surface area contributed by atoms with Gasteiger partial charge >= 0.3 is 0 Å². The molecule has 2 aromatic rings. The van der Waals surface area contributed by atoms with Gasteiger partial charge in [0.05, 0.1) is 12.2 Å². The predicted octanol–water partition coefficient (Wildman–Crippen LogP) is 6.28. The highest BCUT2D eigenvalue weighted by Crippen LogP contribution is 2.25. The molecule has 2 rings (SSSR count). The van der Waals surface area contributed by atoms with E-state index in [2.05, 4.69) is 34.2 Å². The summed E-state index contributed by atoms with van der Waals surface area (Å²) in [5.41, 5.74) is 3.59. The van der Waals surface area contributed by atoms with E-state index in [1.54, 1.807) is 6.07 Å². The van der Waals surface area contributed by atoms with Crippen molar-refractivity contribution in [2.75, 3.05) is 11.9 Å². The molecule has 0 bridgehead atoms. The fraction of sp³-hybridized carbons (Fsp3) is 0.381. The molecule has 0 heterocycles. The van der Waals surface area contributed by atoms with E-state index in [9.17, 15) is 4.79 Å². The van der Waals surface area contributed by atoms with Crippen molar-refractivity contribution in [1.29, 1.82) is 0 Å². The monoisotopic (exact) mass is 403 g/mol. The number of hydrogen-bond acceptors (Lipinski definition) is 2. The van der Waals surface area contributed by atoms with E-state index in [0.717, 1.165) is 28.6 Å². The summed E-state index contributed by atoms with van der Waals surface area (Å²) in [6.45, 7) is 6.85. The topological polar surface area (TPSA) is 38.3 Å². The molecule has 1 N–H and O–H groups in total. The number of benzene rings is 2. The molecule has 1 amide bonds. The van der Waals surface area contributed by atoms with Crippen LogP contribution in [0, 0.1) is 13.8 Å². The predicted molar refractivity (Wildman–Crippen MR) is 108 cm³/mol. The van der Waals surface area contributed by atoms with Gasteiger partial charge in [-0.3, -0.25) is 4.79 Å². The first-order chi connectivity index (χ1) is 12.0. The standard InChI is InChI=1S/C21H26BrNO2/c1-4-5-6-7-12-25-20-11-9-17(22)14-18(20)21(24)23-19-10-8-15(2)13-16(19)3/h8-11,13-14H,4-7,12H2,1-3H3,(H,23,24). The molecule has 0 spiro atoms. The van der Waals surface area contributed by atoms with Gasteiger partial charge in [-0.2, -0.15) is 0 Å². The smallest absolute Gasteiger partial charge is 0.259 e. The maximum absolute atomic E-state index is 12.7. The van der Waals surface area contributed by atoms with E-state index in [4.69, 9.17) is 4.74 Å². The summed E-state index contributed by atoms with van der Waals surface area (Å²) in [4.78, 5) is 12.7. The zero-order valence-corrected chi connectivity index (χ0v) is 16.8. The minimum atomic E-state index is -0.156. The Morgan fingerprint density at radius 3 is 2.60 bits per heavy atom. The van der Waals surface area contributed by atoms with Crippen LogP contribution in [-0.4, -0.2) is 12.5 Å². The summed E-state index contributed by atoms with van der Waals surface area (Å²) in [5, 5.41) is 2.99. The Morgan fingerprint density at radius 2 is 1.88 bits per heavy atom. The highest BCUT2D eigenvalue weighted by Gasteiger charge is 2.14. The largest absolute Gasteiger partial charge is 0.493 e. The van der Waals surface area contributed by atoms with Crippen molar-refractivity contribution in [1.82, 2.24) is 0 Å². The first-order valence-electron chi connectivity index (χ1n) is 8.82. The highest BCUT2D eigenvalue weighted by atomic mass is 79.9. The maximum atomic E-state index is 12.7. The summed E-state index contributed by atoms with van der Waals surface area (Å²) in [7, 11) is 0. The summed E-state index contributed by atoms with van der Waals surface area (Å²) in [6.07, 6.45) is 4.56. The average Bonchev–Trinajstić information content (AvgIpc) is 2.58. The molecule has 0 unspecified atom stereocenters. The van der Waals surface area contributed by atoms with Gasteiger partial charge in [0.15, 0.2) is 0 Å². The Bertz CT molecular complexity index is 728. The second-order valence-electron chi connectivity index (χ2n) is 6.32. The third-order valence-corrected chi connectivity index (χ3v) is 4.57. The molecule has 0 radical (unpaired) electrons. The molecule has 0 fully saturated rings. The first kappa shape index (κ1) is 19.5. The molecule has 0 saturated heterocycles. The zero-order chi connectivity index (χ0) is 18.2. The van der Waals surface area contributed by atoms with Crippen LogP contribution in [0.15, 0.2) is 40.9 Å². The third kappa shape index (κ3) is 5.89. The number of amides is 1. The van der Waals surface area contributed by atoms with Crippen molar-refractivity contribution >= 4 is 27.5 Å². The Balaban J connectivity index is 2.10. The molecule has 4 heteroatoms. The van der Waals surface area contributed by atoms with Gasteiger partial charge in [-0.25, -0.2) is 0 Å². The number of nitrogens with one attached hydrogen (secondary N) is 1. The molecule has 134 valence electrons. The second-order valence-corrected chi connectivity index (χ2v) is 7.24. The maximum Gasteiger partial charge on any atom is 0.259 e. The van der Waals surface area contributed by atoms with Crippen molar-refractivity contribution in [3.05, 3.63) is 57.6 Å². The Hall–Kier alpha value is -1.81. The van der Waals surface area contributed by atoms with Gasteiger partial charge in [0.1, 0.15) is 5.75 Å². The van der Waals surface area contributed by atoms with Crippen LogP contribution in [0.3, 0.4) is 0 Å². The van der Waals surface area contributed by atoms with E-state index in [-0.39, 0.29) is 5.91 Å². The van der Waals surface area contributed by atoms with Gasteiger partial charge in [0, 0.05) is 10.2 Å². The summed E-state index contributed by atoms with van der Waals surface area (Å²) >= 11 is 3.44. The van der Waals surface area contributed by atoms with Gasteiger partial charge in [-0.15, -0.1) is 0 Å². The van der Waals surface area contributed by atoms with Gasteiger partial charge in [0.25, 0.3) is 5.91 Å². The van der Waals surface area contributed by atoms with E-state index < -0.39 is 0 Å². The van der Waals surface area contributed by atoms with Gasteiger partial charge in [0.2, 0.25) is 0 Å². The van der Waals surface area contributed by atoms with Crippen LogP contribution in [0.25, 0.3) is 0 Å². The summed E-state index contributed by atoms with van der Waals surface area (Å²) < 4.78 is 6.72. The lowest BCUT2D eigenvalue weighted by atomic mass is 10.1. The quantitative estimate of drug-likeness (QED) is 0.526. The highest BCUT2D eigenvalue weighted by molar-refractivity contribution is 9.10. The van der Waals surface area contributed by atoms with Crippen LogP contribution in [0.4, 0.5) is 5.69 Å². The molecule has 0 atom stereocenters. The van der Waals surface area contributed by atoms with Crippen LogP contribution in [0.5, 0.6) is 5.75 Å². The molecule has 0 aromatic heterocycles. The number of carbonyl (C=O) groups excluding carboxylic acids is 1. The number of halogens is 1. The van der Waals surface area contributed by atoms with E-state index in [1.165, 1.54) is 18.4 Å². The lowest BCUT2D eigenvalue weighted by Gasteiger charge is -2.14. The number of anilines is 1. The van der Waals surface area contributed by atoms with E-state index in [0.29, 0.717) is 17.9 Å². The summed E-state index contributed by atoms with van der Waals surface area (Å²) in [5.74, 6) is 0.471. The number of aryl methyl sites for hydroxylation is 2. The SMILES string of the molecule is CCCCCCOc1ccc(Br)cc1C(=O)Nc1ccc(C)cc1C. The molecule has 25 heavy (non-hydrogen) atoms. The average molecular weight is 404 g/mol. The van der Waals surface area contributed by atoms with Gasteiger partial charge in [-0.1, -0.05) is 59.8 Å². The van der Waals surface area contributed by atoms with Crippen molar-refractivity contribution in [3.8, 4) is 5.75 Å². The fourth-order valence-corrected chi connectivity index (χ4v) is 3.02. The minimum Gasteiger partial charge on any atom is -0.493 e. The van der Waals surface area contributed by atoms with Crippen LogP contribution in [-0.2, 0) is 0 Å². The number of rotatable bonds is 8. The lowest BCUT2D eigenvalue weighted by molar-refractivity contribution is 0.102. The van der Waals surface area contributed by atoms with E-state index in [1.807, 2.05) is 38.1 Å².